The second-order valence-electron chi connectivity index (χ2n) is 5.18. The normalized spacial score (nSPS) is 28.7. The number of hydrogen-bond acceptors (Lipinski definition) is 3. The van der Waals surface area contributed by atoms with Crippen LogP contribution in [-0.4, -0.2) is 34.1 Å². The number of piperidine rings is 1. The Labute approximate surface area is 80.4 Å². The maximum atomic E-state index is 9.95. The Balaban J connectivity index is 2.88. The number of hydrogen-bond donors (Lipinski definition) is 1. The van der Waals surface area contributed by atoms with Crippen molar-refractivity contribution in [1.29, 1.82) is 0 Å². The average Bonchev–Trinajstić information content (AvgIpc) is 1.99. The molecule has 3 heteroatoms. The van der Waals surface area contributed by atoms with Gasteiger partial charge in [0.25, 0.3) is 0 Å². The molecule has 0 aromatic heterocycles. The van der Waals surface area contributed by atoms with Gasteiger partial charge in [0.15, 0.2) is 0 Å². The smallest absolute Gasteiger partial charge is 0.0529 e. The lowest BCUT2D eigenvalue weighted by Gasteiger charge is -2.50. The summed E-state index contributed by atoms with van der Waals surface area (Å²) in [6, 6.07) is 0.272. The van der Waals surface area contributed by atoms with Crippen LogP contribution in [0.2, 0.25) is 0 Å². The zero-order valence-corrected chi connectivity index (χ0v) is 9.04. The van der Waals surface area contributed by atoms with Crippen molar-refractivity contribution in [2.45, 2.75) is 57.7 Å². The molecule has 0 spiro atoms. The van der Waals surface area contributed by atoms with Crippen LogP contribution in [0.5, 0.6) is 0 Å². The first-order chi connectivity index (χ1) is 5.79. The molecule has 0 saturated carbocycles. The molecule has 0 aromatic rings. The third-order valence-corrected chi connectivity index (χ3v) is 2.88. The monoisotopic (exact) mass is 184 g/mol. The lowest BCUT2D eigenvalue weighted by Crippen LogP contribution is -2.59. The minimum absolute atomic E-state index is 0.201. The fraction of sp³-hybridized carbons (Fsp3) is 0.900. The van der Waals surface area contributed by atoms with Crippen molar-refractivity contribution in [2.24, 2.45) is 4.99 Å². The molecule has 1 aliphatic heterocycles. The SMILES string of the molecule is C=NC1CC(C)(C)N(O)C(C)(C)C1. The molecule has 3 nitrogen and oxygen atoms in total. The molecule has 0 bridgehead atoms. The van der Waals surface area contributed by atoms with Crippen LogP contribution in [0.25, 0.3) is 0 Å². The van der Waals surface area contributed by atoms with E-state index in [1.807, 2.05) is 27.7 Å². The maximum absolute atomic E-state index is 9.95. The van der Waals surface area contributed by atoms with Crippen molar-refractivity contribution in [2.75, 3.05) is 0 Å². The summed E-state index contributed by atoms with van der Waals surface area (Å²) in [7, 11) is 0. The fourth-order valence-electron chi connectivity index (χ4n) is 2.35. The Kier molecular flexibility index (Phi) is 2.52. The minimum atomic E-state index is -0.201. The van der Waals surface area contributed by atoms with Crippen LogP contribution in [0, 0.1) is 0 Å². The topological polar surface area (TPSA) is 35.8 Å². The highest BCUT2D eigenvalue weighted by atomic mass is 16.5. The van der Waals surface area contributed by atoms with Gasteiger partial charge in [-0.3, -0.25) is 4.99 Å². The molecule has 1 aliphatic rings. The maximum Gasteiger partial charge on any atom is 0.0529 e. The van der Waals surface area contributed by atoms with E-state index in [1.165, 1.54) is 5.06 Å². The average molecular weight is 184 g/mol. The highest BCUT2D eigenvalue weighted by Crippen LogP contribution is 2.37. The molecular weight excluding hydrogens is 164 g/mol. The van der Waals surface area contributed by atoms with E-state index in [0.29, 0.717) is 0 Å². The third-order valence-electron chi connectivity index (χ3n) is 2.88. The first-order valence-corrected chi connectivity index (χ1v) is 4.75. The summed E-state index contributed by atoms with van der Waals surface area (Å²) in [5, 5.41) is 11.4. The minimum Gasteiger partial charge on any atom is -0.313 e. The lowest BCUT2D eigenvalue weighted by molar-refractivity contribution is -0.244. The van der Waals surface area contributed by atoms with E-state index in [0.717, 1.165) is 12.8 Å². The highest BCUT2D eigenvalue weighted by Gasteiger charge is 2.44. The summed E-state index contributed by atoms with van der Waals surface area (Å²) in [4.78, 5) is 4.09. The molecule has 1 heterocycles. The Morgan fingerprint density at radius 2 is 1.62 bits per heavy atom. The van der Waals surface area contributed by atoms with Crippen LogP contribution in [-0.2, 0) is 0 Å². The number of aliphatic imine (C=N–C) groups is 1. The van der Waals surface area contributed by atoms with Gasteiger partial charge in [0.1, 0.15) is 0 Å². The van der Waals surface area contributed by atoms with Crippen molar-refractivity contribution >= 4 is 6.72 Å². The van der Waals surface area contributed by atoms with Crippen molar-refractivity contribution in [3.63, 3.8) is 0 Å². The molecule has 76 valence electrons. The zero-order valence-electron chi connectivity index (χ0n) is 9.04. The van der Waals surface area contributed by atoms with Gasteiger partial charge < -0.3 is 5.21 Å². The van der Waals surface area contributed by atoms with Crippen LogP contribution in [0.1, 0.15) is 40.5 Å². The van der Waals surface area contributed by atoms with E-state index in [9.17, 15) is 5.21 Å². The molecule has 1 fully saturated rings. The van der Waals surface area contributed by atoms with E-state index in [2.05, 4.69) is 11.7 Å². The molecule has 1 N–H and O–H groups in total. The van der Waals surface area contributed by atoms with Crippen LogP contribution in [0.15, 0.2) is 4.99 Å². The standard InChI is InChI=1S/C10H20N2O/c1-9(2)6-8(11-5)7-10(3,4)12(9)13/h8,13H,5-7H2,1-4H3. The largest absolute Gasteiger partial charge is 0.313 e. The summed E-state index contributed by atoms with van der Waals surface area (Å²) < 4.78 is 0. The Morgan fingerprint density at radius 3 is 1.92 bits per heavy atom. The molecule has 0 unspecified atom stereocenters. The molecular formula is C10H20N2O. The van der Waals surface area contributed by atoms with Crippen LogP contribution >= 0.6 is 0 Å². The lowest BCUT2D eigenvalue weighted by atomic mass is 9.79. The van der Waals surface area contributed by atoms with Crippen molar-refractivity contribution in [3.05, 3.63) is 0 Å². The quantitative estimate of drug-likeness (QED) is 0.633. The van der Waals surface area contributed by atoms with Gasteiger partial charge in [0.05, 0.1) is 6.04 Å². The molecule has 0 aliphatic carbocycles. The predicted octanol–water partition coefficient (Wildman–Crippen LogP) is 2.10. The number of hydroxylamine groups is 2. The van der Waals surface area contributed by atoms with Gasteiger partial charge in [-0.15, -0.1) is 0 Å². The molecule has 0 aromatic carbocycles. The van der Waals surface area contributed by atoms with E-state index in [4.69, 9.17) is 0 Å². The highest BCUT2D eigenvalue weighted by molar-refractivity contribution is 5.25. The summed E-state index contributed by atoms with van der Waals surface area (Å²) in [5.74, 6) is 0. The van der Waals surface area contributed by atoms with E-state index < -0.39 is 0 Å². The van der Waals surface area contributed by atoms with Crippen molar-refractivity contribution < 1.29 is 5.21 Å². The zero-order chi connectivity index (χ0) is 10.3. The number of rotatable bonds is 1. The van der Waals surface area contributed by atoms with Gasteiger partial charge in [0.2, 0.25) is 0 Å². The molecule has 1 rings (SSSR count). The van der Waals surface area contributed by atoms with Gasteiger partial charge in [-0.25, -0.2) is 0 Å². The Hall–Kier alpha value is -0.410. The second-order valence-corrected chi connectivity index (χ2v) is 5.18. The van der Waals surface area contributed by atoms with Gasteiger partial charge in [-0.1, -0.05) is 0 Å². The van der Waals surface area contributed by atoms with E-state index in [1.54, 1.807) is 0 Å². The number of nitrogens with zero attached hydrogens (tertiary/aromatic N) is 2. The Bertz CT molecular complexity index is 193. The van der Waals surface area contributed by atoms with Gasteiger partial charge in [-0.05, 0) is 47.3 Å². The predicted molar refractivity (Wildman–Crippen MR) is 54.4 cm³/mol. The Morgan fingerprint density at radius 1 is 1.23 bits per heavy atom. The third kappa shape index (κ3) is 1.92. The van der Waals surface area contributed by atoms with Crippen LogP contribution in [0.3, 0.4) is 0 Å². The molecule has 0 radical (unpaired) electrons. The first-order valence-electron chi connectivity index (χ1n) is 4.75. The summed E-state index contributed by atoms with van der Waals surface area (Å²) in [5.41, 5.74) is -0.402. The van der Waals surface area contributed by atoms with Crippen LogP contribution < -0.4 is 0 Å². The molecule has 0 atom stereocenters. The van der Waals surface area contributed by atoms with E-state index in [-0.39, 0.29) is 17.1 Å². The summed E-state index contributed by atoms with van der Waals surface area (Å²) in [6.45, 7) is 11.7. The molecule has 13 heavy (non-hydrogen) atoms. The van der Waals surface area contributed by atoms with Crippen molar-refractivity contribution in [1.82, 2.24) is 5.06 Å². The van der Waals surface area contributed by atoms with Gasteiger partial charge in [0, 0.05) is 11.1 Å². The van der Waals surface area contributed by atoms with Crippen LogP contribution in [0.4, 0.5) is 0 Å². The molecule has 0 amide bonds. The first kappa shape index (κ1) is 10.7. The molecule has 1 saturated heterocycles. The van der Waals surface area contributed by atoms with Gasteiger partial charge in [-0.2, -0.15) is 5.06 Å². The second kappa shape index (κ2) is 3.07. The fourth-order valence-corrected chi connectivity index (χ4v) is 2.35. The summed E-state index contributed by atoms with van der Waals surface area (Å²) in [6.07, 6.45) is 1.74. The summed E-state index contributed by atoms with van der Waals surface area (Å²) >= 11 is 0. The van der Waals surface area contributed by atoms with Crippen molar-refractivity contribution in [3.8, 4) is 0 Å². The van der Waals surface area contributed by atoms with E-state index >= 15 is 0 Å². The van der Waals surface area contributed by atoms with Gasteiger partial charge >= 0.3 is 0 Å².